The minimum Gasteiger partial charge on any atom is -0.296 e. The van der Waals surface area contributed by atoms with Crippen LogP contribution in [0.2, 0.25) is 0 Å². The summed E-state index contributed by atoms with van der Waals surface area (Å²) in [4.78, 5) is 23.6. The van der Waals surface area contributed by atoms with Crippen molar-refractivity contribution in [3.8, 4) is 0 Å². The minimum atomic E-state index is -0.0842. The van der Waals surface area contributed by atoms with E-state index < -0.39 is 0 Å². The number of hydrogen-bond acceptors (Lipinski definition) is 2. The summed E-state index contributed by atoms with van der Waals surface area (Å²) in [5.41, 5.74) is 0. The number of nitrogens with one attached hydrogen (secondary N) is 1. The molecule has 0 aromatic rings. The quantitative estimate of drug-likeness (QED) is 0.533. The molecule has 0 radical (unpaired) electrons. The predicted molar refractivity (Wildman–Crippen MR) is 73.0 cm³/mol. The van der Waals surface area contributed by atoms with E-state index >= 15 is 0 Å². The van der Waals surface area contributed by atoms with Gasteiger partial charge in [-0.1, -0.05) is 52.9 Å². The van der Waals surface area contributed by atoms with Gasteiger partial charge in [0.1, 0.15) is 0 Å². The number of hydrogen-bond donors (Lipinski definition) is 1. The number of unbranched alkanes of at least 4 members (excludes halogenated alkanes) is 3. The second-order valence-corrected chi connectivity index (χ2v) is 5.60. The first-order valence-electron chi connectivity index (χ1n) is 7.46. The Morgan fingerprint density at radius 1 is 1.06 bits per heavy atom. The lowest BCUT2D eigenvalue weighted by Gasteiger charge is -2.21. The van der Waals surface area contributed by atoms with Crippen LogP contribution in [0.1, 0.15) is 65.7 Å². The van der Waals surface area contributed by atoms with Crippen molar-refractivity contribution >= 4 is 11.8 Å². The monoisotopic (exact) mass is 253 g/mol. The fourth-order valence-electron chi connectivity index (χ4n) is 2.99. The highest BCUT2D eigenvalue weighted by atomic mass is 16.2. The molecular formula is C15H27NO2. The van der Waals surface area contributed by atoms with Crippen LogP contribution in [-0.4, -0.2) is 11.8 Å². The molecule has 3 atom stereocenters. The van der Waals surface area contributed by atoms with E-state index in [-0.39, 0.29) is 23.7 Å². The summed E-state index contributed by atoms with van der Waals surface area (Å²) < 4.78 is 0. The van der Waals surface area contributed by atoms with E-state index in [1.165, 1.54) is 25.7 Å². The minimum absolute atomic E-state index is 0.0403. The third-order valence-electron chi connectivity index (χ3n) is 4.05. The molecule has 0 aromatic heterocycles. The Morgan fingerprint density at radius 2 is 1.78 bits per heavy atom. The summed E-state index contributed by atoms with van der Waals surface area (Å²) in [7, 11) is 0. The molecule has 3 nitrogen and oxygen atoms in total. The van der Waals surface area contributed by atoms with Gasteiger partial charge in [0.05, 0.1) is 11.8 Å². The van der Waals surface area contributed by atoms with E-state index in [4.69, 9.17) is 0 Å². The van der Waals surface area contributed by atoms with Gasteiger partial charge in [-0.2, -0.15) is 0 Å². The molecule has 3 unspecified atom stereocenters. The first-order valence-corrected chi connectivity index (χ1v) is 7.46. The van der Waals surface area contributed by atoms with Crippen molar-refractivity contribution in [2.75, 3.05) is 0 Å². The van der Waals surface area contributed by atoms with E-state index in [9.17, 15) is 9.59 Å². The van der Waals surface area contributed by atoms with Gasteiger partial charge in [0, 0.05) is 0 Å². The highest BCUT2D eigenvalue weighted by Gasteiger charge is 2.43. The van der Waals surface area contributed by atoms with Crippen molar-refractivity contribution in [1.29, 1.82) is 0 Å². The van der Waals surface area contributed by atoms with Gasteiger partial charge >= 0.3 is 0 Å². The second-order valence-electron chi connectivity index (χ2n) is 5.60. The van der Waals surface area contributed by atoms with Crippen LogP contribution in [-0.2, 0) is 9.59 Å². The molecule has 1 saturated heterocycles. The maximum atomic E-state index is 11.9. The molecule has 1 fully saturated rings. The Hall–Kier alpha value is -0.860. The topological polar surface area (TPSA) is 46.2 Å². The summed E-state index contributed by atoms with van der Waals surface area (Å²) in [6.07, 6.45) is 7.76. The van der Waals surface area contributed by atoms with Gasteiger partial charge in [0.15, 0.2) is 0 Å². The lowest BCUT2D eigenvalue weighted by Crippen LogP contribution is -2.26. The highest BCUT2D eigenvalue weighted by Crippen LogP contribution is 2.32. The highest BCUT2D eigenvalue weighted by molar-refractivity contribution is 6.05. The average molecular weight is 253 g/mol. The zero-order valence-electron chi connectivity index (χ0n) is 12.0. The third kappa shape index (κ3) is 3.82. The van der Waals surface area contributed by atoms with Crippen molar-refractivity contribution in [3.63, 3.8) is 0 Å². The van der Waals surface area contributed by atoms with Crippen LogP contribution in [0, 0.1) is 17.8 Å². The van der Waals surface area contributed by atoms with Crippen LogP contribution < -0.4 is 5.32 Å². The SMILES string of the molecule is CCCCCCC(C)C1C(=O)NC(=O)C1CCC. The van der Waals surface area contributed by atoms with Crippen molar-refractivity contribution in [2.24, 2.45) is 17.8 Å². The van der Waals surface area contributed by atoms with Crippen molar-refractivity contribution in [1.82, 2.24) is 5.32 Å². The summed E-state index contributed by atoms with van der Waals surface area (Å²) in [6, 6.07) is 0. The van der Waals surface area contributed by atoms with Gasteiger partial charge in [-0.25, -0.2) is 0 Å². The van der Waals surface area contributed by atoms with Crippen LogP contribution >= 0.6 is 0 Å². The van der Waals surface area contributed by atoms with Gasteiger partial charge in [-0.05, 0) is 18.8 Å². The Kier molecular flexibility index (Phi) is 6.37. The van der Waals surface area contributed by atoms with Crippen LogP contribution in [0.15, 0.2) is 0 Å². The molecule has 3 heteroatoms. The summed E-state index contributed by atoms with van der Waals surface area (Å²) in [6.45, 7) is 6.39. The van der Waals surface area contributed by atoms with E-state index in [0.717, 1.165) is 19.3 Å². The second kappa shape index (κ2) is 7.55. The smallest absolute Gasteiger partial charge is 0.230 e. The third-order valence-corrected chi connectivity index (χ3v) is 4.05. The molecule has 1 rings (SSSR count). The van der Waals surface area contributed by atoms with E-state index in [0.29, 0.717) is 5.92 Å². The van der Waals surface area contributed by atoms with Crippen LogP contribution in [0.5, 0.6) is 0 Å². The van der Waals surface area contributed by atoms with Gasteiger partial charge < -0.3 is 0 Å². The molecular weight excluding hydrogens is 226 g/mol. The van der Waals surface area contributed by atoms with Crippen LogP contribution in [0.25, 0.3) is 0 Å². The molecule has 1 aliphatic rings. The number of rotatable bonds is 8. The first-order chi connectivity index (χ1) is 8.61. The van der Waals surface area contributed by atoms with Crippen molar-refractivity contribution < 1.29 is 9.59 Å². The first kappa shape index (κ1) is 15.2. The molecule has 1 N–H and O–H groups in total. The Bertz CT molecular complexity index is 288. The summed E-state index contributed by atoms with van der Waals surface area (Å²) in [5, 5.41) is 2.51. The molecule has 0 aliphatic carbocycles. The molecule has 104 valence electrons. The average Bonchev–Trinajstić information content (AvgIpc) is 2.60. The normalized spacial score (nSPS) is 25.3. The summed E-state index contributed by atoms with van der Waals surface area (Å²) in [5.74, 6) is 0.0707. The molecule has 0 saturated carbocycles. The van der Waals surface area contributed by atoms with Crippen molar-refractivity contribution in [2.45, 2.75) is 65.7 Å². The zero-order valence-corrected chi connectivity index (χ0v) is 12.0. The van der Waals surface area contributed by atoms with Crippen molar-refractivity contribution in [3.05, 3.63) is 0 Å². The Labute approximate surface area is 111 Å². The van der Waals surface area contributed by atoms with Crippen LogP contribution in [0.4, 0.5) is 0 Å². The maximum Gasteiger partial charge on any atom is 0.230 e. The molecule has 1 heterocycles. The molecule has 18 heavy (non-hydrogen) atoms. The molecule has 0 spiro atoms. The van der Waals surface area contributed by atoms with Gasteiger partial charge in [-0.15, -0.1) is 0 Å². The standard InChI is InChI=1S/C15H27NO2/c1-4-6-7-8-10-11(3)13-12(9-5-2)14(17)16-15(13)18/h11-13H,4-10H2,1-3H3,(H,16,17,18). The molecule has 1 aliphatic heterocycles. The fourth-order valence-corrected chi connectivity index (χ4v) is 2.99. The van der Waals surface area contributed by atoms with E-state index in [1.54, 1.807) is 0 Å². The van der Waals surface area contributed by atoms with Gasteiger partial charge in [-0.3, -0.25) is 14.9 Å². The van der Waals surface area contributed by atoms with Crippen LogP contribution in [0.3, 0.4) is 0 Å². The van der Waals surface area contributed by atoms with E-state index in [2.05, 4.69) is 26.1 Å². The van der Waals surface area contributed by atoms with Gasteiger partial charge in [0.25, 0.3) is 0 Å². The number of amides is 2. The lowest BCUT2D eigenvalue weighted by atomic mass is 9.79. The summed E-state index contributed by atoms with van der Waals surface area (Å²) >= 11 is 0. The Balaban J connectivity index is 2.50. The fraction of sp³-hybridized carbons (Fsp3) is 0.867. The number of imide groups is 1. The maximum absolute atomic E-state index is 11.9. The number of carbonyl (C=O) groups is 2. The lowest BCUT2D eigenvalue weighted by molar-refractivity contribution is -0.126. The largest absolute Gasteiger partial charge is 0.296 e. The molecule has 2 amide bonds. The molecule has 0 bridgehead atoms. The van der Waals surface area contributed by atoms with E-state index in [1.807, 2.05) is 0 Å². The van der Waals surface area contributed by atoms with Gasteiger partial charge in [0.2, 0.25) is 11.8 Å². The Morgan fingerprint density at radius 3 is 2.39 bits per heavy atom. The molecule has 0 aromatic carbocycles. The predicted octanol–water partition coefficient (Wildman–Crippen LogP) is 3.28. The number of carbonyl (C=O) groups excluding carboxylic acids is 2. The zero-order chi connectivity index (χ0) is 13.5.